The number of hydrogen-bond donors (Lipinski definition) is 3. The molecule has 1 rings (SSSR count). The molecule has 0 aliphatic carbocycles. The highest BCUT2D eigenvalue weighted by molar-refractivity contribution is 5.99. The monoisotopic (exact) mass is 334 g/mol. The molecule has 132 valence electrons. The van der Waals surface area contributed by atoms with E-state index in [9.17, 15) is 14.4 Å². The Morgan fingerprint density at radius 3 is 2.33 bits per heavy atom. The van der Waals surface area contributed by atoms with Crippen molar-refractivity contribution in [2.75, 3.05) is 26.0 Å². The first-order chi connectivity index (χ1) is 11.0. The van der Waals surface area contributed by atoms with Crippen LogP contribution in [0.3, 0.4) is 0 Å². The van der Waals surface area contributed by atoms with E-state index in [0.717, 1.165) is 0 Å². The maximum atomic E-state index is 12.3. The standard InChI is InChI=1S/C17H26N4O3/c1-11-12(15(23)18-5)8-7-9-13(11)19-16(24)21(6)10-14(22)20-17(2,3)4/h7-9H,10H2,1-6H3,(H,18,23)(H,19,24)(H,20,22). The average molecular weight is 334 g/mol. The second-order valence-corrected chi connectivity index (χ2v) is 6.64. The van der Waals surface area contributed by atoms with Gasteiger partial charge in [0.25, 0.3) is 5.91 Å². The van der Waals surface area contributed by atoms with Gasteiger partial charge in [-0.05, 0) is 45.4 Å². The molecule has 0 bridgehead atoms. The van der Waals surface area contributed by atoms with Crippen LogP contribution in [0.25, 0.3) is 0 Å². The van der Waals surface area contributed by atoms with Gasteiger partial charge in [-0.1, -0.05) is 6.07 Å². The molecule has 0 fully saturated rings. The van der Waals surface area contributed by atoms with E-state index in [1.807, 2.05) is 20.8 Å². The fraction of sp³-hybridized carbons (Fsp3) is 0.471. The number of likely N-dealkylation sites (N-methyl/N-ethyl adjacent to an activating group) is 1. The van der Waals surface area contributed by atoms with Gasteiger partial charge in [-0.2, -0.15) is 0 Å². The van der Waals surface area contributed by atoms with Crippen LogP contribution in [0, 0.1) is 6.92 Å². The fourth-order valence-corrected chi connectivity index (χ4v) is 2.11. The van der Waals surface area contributed by atoms with Crippen LogP contribution in [0.5, 0.6) is 0 Å². The number of rotatable bonds is 4. The lowest BCUT2D eigenvalue weighted by molar-refractivity contribution is -0.122. The van der Waals surface area contributed by atoms with Crippen molar-refractivity contribution in [1.29, 1.82) is 0 Å². The minimum absolute atomic E-state index is 0.0582. The number of carbonyl (C=O) groups excluding carboxylic acids is 3. The molecule has 0 radical (unpaired) electrons. The van der Waals surface area contributed by atoms with Gasteiger partial charge in [-0.15, -0.1) is 0 Å². The molecule has 0 aliphatic rings. The van der Waals surface area contributed by atoms with E-state index in [-0.39, 0.29) is 23.9 Å². The first-order valence-electron chi connectivity index (χ1n) is 7.70. The zero-order valence-electron chi connectivity index (χ0n) is 15.1. The molecule has 4 amide bonds. The Balaban J connectivity index is 2.77. The molecule has 0 saturated heterocycles. The number of anilines is 1. The summed E-state index contributed by atoms with van der Waals surface area (Å²) in [6.07, 6.45) is 0. The summed E-state index contributed by atoms with van der Waals surface area (Å²) in [4.78, 5) is 37.2. The van der Waals surface area contributed by atoms with Crippen molar-refractivity contribution in [2.24, 2.45) is 0 Å². The summed E-state index contributed by atoms with van der Waals surface area (Å²) >= 11 is 0. The maximum Gasteiger partial charge on any atom is 0.322 e. The van der Waals surface area contributed by atoms with Gasteiger partial charge < -0.3 is 20.9 Å². The normalized spacial score (nSPS) is 10.8. The quantitative estimate of drug-likeness (QED) is 0.783. The minimum atomic E-state index is -0.420. The summed E-state index contributed by atoms with van der Waals surface area (Å²) in [7, 11) is 3.09. The van der Waals surface area contributed by atoms with E-state index in [0.29, 0.717) is 16.8 Å². The highest BCUT2D eigenvalue weighted by Crippen LogP contribution is 2.19. The Labute approximate surface area is 142 Å². The van der Waals surface area contributed by atoms with E-state index < -0.39 is 6.03 Å². The van der Waals surface area contributed by atoms with Crippen molar-refractivity contribution in [3.63, 3.8) is 0 Å². The molecule has 0 aromatic heterocycles. The lowest BCUT2D eigenvalue weighted by Crippen LogP contribution is -2.47. The molecule has 3 N–H and O–H groups in total. The van der Waals surface area contributed by atoms with Crippen molar-refractivity contribution in [1.82, 2.24) is 15.5 Å². The predicted molar refractivity (Wildman–Crippen MR) is 94.1 cm³/mol. The lowest BCUT2D eigenvalue weighted by atomic mass is 10.1. The molecular weight excluding hydrogens is 308 g/mol. The Kier molecular flexibility index (Phi) is 6.34. The molecule has 7 heteroatoms. The van der Waals surface area contributed by atoms with Gasteiger partial charge in [0.1, 0.15) is 6.54 Å². The van der Waals surface area contributed by atoms with Gasteiger partial charge >= 0.3 is 6.03 Å². The second-order valence-electron chi connectivity index (χ2n) is 6.64. The van der Waals surface area contributed by atoms with Gasteiger partial charge in [-0.25, -0.2) is 4.79 Å². The van der Waals surface area contributed by atoms with E-state index in [1.54, 1.807) is 32.2 Å². The summed E-state index contributed by atoms with van der Waals surface area (Å²) < 4.78 is 0. The number of nitrogens with zero attached hydrogens (tertiary/aromatic N) is 1. The van der Waals surface area contributed by atoms with E-state index in [2.05, 4.69) is 16.0 Å². The maximum absolute atomic E-state index is 12.3. The minimum Gasteiger partial charge on any atom is -0.355 e. The molecular formula is C17H26N4O3. The van der Waals surface area contributed by atoms with E-state index in [1.165, 1.54) is 11.9 Å². The molecule has 24 heavy (non-hydrogen) atoms. The third-order valence-electron chi connectivity index (χ3n) is 3.29. The van der Waals surface area contributed by atoms with Gasteiger partial charge in [-0.3, -0.25) is 9.59 Å². The number of urea groups is 1. The second kappa shape index (κ2) is 7.81. The average Bonchev–Trinajstić information content (AvgIpc) is 2.46. The van der Waals surface area contributed by atoms with Crippen LogP contribution >= 0.6 is 0 Å². The van der Waals surface area contributed by atoms with Crippen LogP contribution in [0.1, 0.15) is 36.7 Å². The number of benzene rings is 1. The van der Waals surface area contributed by atoms with Gasteiger partial charge in [0.15, 0.2) is 0 Å². The summed E-state index contributed by atoms with van der Waals surface area (Å²) in [6, 6.07) is 4.67. The smallest absolute Gasteiger partial charge is 0.322 e. The Morgan fingerprint density at radius 2 is 1.79 bits per heavy atom. The Bertz CT molecular complexity index is 635. The fourth-order valence-electron chi connectivity index (χ4n) is 2.11. The molecule has 0 unspecified atom stereocenters. The zero-order chi connectivity index (χ0) is 18.5. The number of amides is 4. The van der Waals surface area contributed by atoms with Crippen molar-refractivity contribution in [3.8, 4) is 0 Å². The number of hydrogen-bond acceptors (Lipinski definition) is 3. The van der Waals surface area contributed by atoms with Crippen LogP contribution in [0.2, 0.25) is 0 Å². The van der Waals surface area contributed by atoms with Crippen molar-refractivity contribution in [2.45, 2.75) is 33.2 Å². The molecule has 0 heterocycles. The van der Waals surface area contributed by atoms with Crippen molar-refractivity contribution < 1.29 is 14.4 Å². The Morgan fingerprint density at radius 1 is 1.17 bits per heavy atom. The SMILES string of the molecule is CNC(=O)c1cccc(NC(=O)N(C)CC(=O)NC(C)(C)C)c1C. The highest BCUT2D eigenvalue weighted by Gasteiger charge is 2.19. The molecule has 0 saturated carbocycles. The van der Waals surface area contributed by atoms with E-state index >= 15 is 0 Å². The van der Waals surface area contributed by atoms with Gasteiger partial charge in [0, 0.05) is 30.9 Å². The zero-order valence-corrected chi connectivity index (χ0v) is 15.1. The lowest BCUT2D eigenvalue weighted by Gasteiger charge is -2.24. The highest BCUT2D eigenvalue weighted by atomic mass is 16.2. The van der Waals surface area contributed by atoms with Crippen LogP contribution in [-0.4, -0.2) is 48.9 Å². The molecule has 0 spiro atoms. The third kappa shape index (κ3) is 5.57. The third-order valence-corrected chi connectivity index (χ3v) is 3.29. The van der Waals surface area contributed by atoms with Crippen LogP contribution in [0.4, 0.5) is 10.5 Å². The summed E-state index contributed by atoms with van der Waals surface area (Å²) in [6.45, 7) is 7.32. The topological polar surface area (TPSA) is 90.5 Å². The first kappa shape index (κ1) is 19.5. The molecule has 1 aromatic carbocycles. The van der Waals surface area contributed by atoms with Crippen LogP contribution < -0.4 is 16.0 Å². The van der Waals surface area contributed by atoms with E-state index in [4.69, 9.17) is 0 Å². The van der Waals surface area contributed by atoms with Gasteiger partial charge in [0.05, 0.1) is 0 Å². The largest absolute Gasteiger partial charge is 0.355 e. The number of carbonyl (C=O) groups is 3. The van der Waals surface area contributed by atoms with Crippen molar-refractivity contribution >= 4 is 23.5 Å². The molecule has 0 aliphatic heterocycles. The Hall–Kier alpha value is -2.57. The van der Waals surface area contributed by atoms with Crippen LogP contribution in [0.15, 0.2) is 18.2 Å². The first-order valence-corrected chi connectivity index (χ1v) is 7.70. The summed E-state index contributed by atoms with van der Waals surface area (Å²) in [5, 5.41) is 8.08. The predicted octanol–water partition coefficient (Wildman–Crippen LogP) is 1.73. The van der Waals surface area contributed by atoms with Gasteiger partial charge in [0.2, 0.25) is 5.91 Å². The summed E-state index contributed by atoms with van der Waals surface area (Å²) in [5.41, 5.74) is 1.33. The molecule has 0 atom stereocenters. The molecule has 1 aromatic rings. The van der Waals surface area contributed by atoms with Crippen LogP contribution in [-0.2, 0) is 4.79 Å². The molecule has 7 nitrogen and oxygen atoms in total. The number of nitrogens with one attached hydrogen (secondary N) is 3. The summed E-state index contributed by atoms with van der Waals surface area (Å²) in [5.74, 6) is -0.461. The van der Waals surface area contributed by atoms with Crippen molar-refractivity contribution in [3.05, 3.63) is 29.3 Å².